The van der Waals surface area contributed by atoms with Crippen molar-refractivity contribution in [1.29, 1.82) is 0 Å². The molecule has 1 atom stereocenters. The van der Waals surface area contributed by atoms with Crippen LogP contribution >= 0.6 is 15.9 Å². The fourth-order valence-corrected chi connectivity index (χ4v) is 2.81. The Morgan fingerprint density at radius 2 is 1.95 bits per heavy atom. The summed E-state index contributed by atoms with van der Waals surface area (Å²) in [6.07, 6.45) is 2.37. The molecular weight excluding hydrogens is 318 g/mol. The molecule has 0 aromatic heterocycles. The van der Waals surface area contributed by atoms with E-state index in [1.54, 1.807) is 0 Å². The number of rotatable bonds is 5. The van der Waals surface area contributed by atoms with Gasteiger partial charge in [-0.25, -0.2) is 0 Å². The molecule has 1 aliphatic rings. The van der Waals surface area contributed by atoms with Gasteiger partial charge in [-0.15, -0.1) is 0 Å². The van der Waals surface area contributed by atoms with Crippen molar-refractivity contribution in [2.45, 2.75) is 44.6 Å². The van der Waals surface area contributed by atoms with Crippen molar-refractivity contribution in [3.05, 3.63) is 34.3 Å². The minimum atomic E-state index is -0.485. The van der Waals surface area contributed by atoms with Gasteiger partial charge in [0.2, 0.25) is 5.91 Å². The third kappa shape index (κ3) is 3.07. The number of nitrogens with one attached hydrogen (secondary N) is 1. The van der Waals surface area contributed by atoms with Crippen LogP contribution < -0.4 is 5.32 Å². The van der Waals surface area contributed by atoms with Crippen molar-refractivity contribution in [3.63, 3.8) is 0 Å². The van der Waals surface area contributed by atoms with E-state index in [2.05, 4.69) is 21.2 Å². The van der Waals surface area contributed by atoms with Gasteiger partial charge >= 0.3 is 0 Å². The van der Waals surface area contributed by atoms with Crippen molar-refractivity contribution >= 4 is 21.8 Å². The lowest BCUT2D eigenvalue weighted by Gasteiger charge is -2.41. The number of benzene rings is 1. The fourth-order valence-electron chi connectivity index (χ4n) is 2.55. The largest absolute Gasteiger partial charge is 0.391 e. The summed E-state index contributed by atoms with van der Waals surface area (Å²) in [6, 6.07) is 7.99. The summed E-state index contributed by atoms with van der Waals surface area (Å²) >= 11 is 3.42. The number of aliphatic hydroxyl groups is 1. The van der Waals surface area contributed by atoms with Gasteiger partial charge in [0.1, 0.15) is 0 Å². The summed E-state index contributed by atoms with van der Waals surface area (Å²) in [5.74, 6) is 0.200. The van der Waals surface area contributed by atoms with Gasteiger partial charge in [-0.1, -0.05) is 48.3 Å². The Bertz CT molecular complexity index is 466. The highest BCUT2D eigenvalue weighted by molar-refractivity contribution is 9.10. The molecule has 0 bridgehead atoms. The zero-order chi connectivity index (χ0) is 14.8. The van der Waals surface area contributed by atoms with Crippen LogP contribution in [0.1, 0.15) is 38.7 Å². The molecule has 20 heavy (non-hydrogen) atoms. The summed E-state index contributed by atoms with van der Waals surface area (Å²) in [6.45, 7) is 4.23. The smallest absolute Gasteiger partial charge is 0.230 e. The monoisotopic (exact) mass is 339 g/mol. The number of hydrogen-bond acceptors (Lipinski definition) is 2. The van der Waals surface area contributed by atoms with Gasteiger partial charge in [-0.05, 0) is 36.5 Å². The zero-order valence-corrected chi connectivity index (χ0v) is 13.6. The quantitative estimate of drug-likeness (QED) is 0.866. The summed E-state index contributed by atoms with van der Waals surface area (Å²) in [7, 11) is 0. The van der Waals surface area contributed by atoms with E-state index in [-0.39, 0.29) is 11.8 Å². The summed E-state index contributed by atoms with van der Waals surface area (Å²) in [5, 5.41) is 12.7. The summed E-state index contributed by atoms with van der Waals surface area (Å²) in [4.78, 5) is 12.5. The molecule has 1 aromatic carbocycles. The Hall–Kier alpha value is -0.870. The Labute approximate surface area is 128 Å². The molecule has 1 saturated carbocycles. The standard InChI is InChI=1S/C16H22BrNO2/c1-11(2)14(19)10-18-15(20)16(8-3-9-16)12-4-6-13(17)7-5-12/h4-7,11,14,19H,3,8-10H2,1-2H3,(H,18,20). The number of hydrogen-bond donors (Lipinski definition) is 2. The Morgan fingerprint density at radius 3 is 2.40 bits per heavy atom. The van der Waals surface area contributed by atoms with Crippen LogP contribution in [0.4, 0.5) is 0 Å². The third-order valence-corrected chi connectivity index (χ3v) is 4.81. The van der Waals surface area contributed by atoms with Crippen LogP contribution in [0.15, 0.2) is 28.7 Å². The van der Waals surface area contributed by atoms with Crippen molar-refractivity contribution in [3.8, 4) is 0 Å². The van der Waals surface area contributed by atoms with E-state index in [0.29, 0.717) is 6.54 Å². The summed E-state index contributed by atoms with van der Waals surface area (Å²) < 4.78 is 1.02. The number of amides is 1. The van der Waals surface area contributed by atoms with E-state index in [1.165, 1.54) is 0 Å². The molecule has 2 N–H and O–H groups in total. The van der Waals surface area contributed by atoms with Crippen LogP contribution in [0.25, 0.3) is 0 Å². The van der Waals surface area contributed by atoms with Crippen LogP contribution in [0.5, 0.6) is 0 Å². The van der Waals surface area contributed by atoms with E-state index in [1.807, 2.05) is 38.1 Å². The predicted molar refractivity (Wildman–Crippen MR) is 83.5 cm³/mol. The number of carbonyl (C=O) groups is 1. The van der Waals surface area contributed by atoms with Gasteiger partial charge < -0.3 is 10.4 Å². The molecular formula is C16H22BrNO2. The first-order chi connectivity index (χ1) is 9.45. The van der Waals surface area contributed by atoms with Gasteiger partial charge in [-0.3, -0.25) is 4.79 Å². The molecule has 110 valence electrons. The topological polar surface area (TPSA) is 49.3 Å². The van der Waals surface area contributed by atoms with Crippen molar-refractivity contribution in [1.82, 2.24) is 5.32 Å². The van der Waals surface area contributed by atoms with Crippen molar-refractivity contribution < 1.29 is 9.90 Å². The van der Waals surface area contributed by atoms with E-state index in [4.69, 9.17) is 0 Å². The van der Waals surface area contributed by atoms with Crippen molar-refractivity contribution in [2.75, 3.05) is 6.54 Å². The van der Waals surface area contributed by atoms with Crippen LogP contribution in [-0.4, -0.2) is 23.7 Å². The van der Waals surface area contributed by atoms with Gasteiger partial charge in [0.15, 0.2) is 0 Å². The lowest BCUT2D eigenvalue weighted by molar-refractivity contribution is -0.130. The highest BCUT2D eigenvalue weighted by Crippen LogP contribution is 2.44. The molecule has 1 aliphatic carbocycles. The van der Waals surface area contributed by atoms with Crippen LogP contribution in [0, 0.1) is 5.92 Å². The molecule has 0 heterocycles. The van der Waals surface area contributed by atoms with Gasteiger partial charge in [0, 0.05) is 11.0 Å². The second-order valence-corrected chi connectivity index (χ2v) is 6.88. The maximum absolute atomic E-state index is 12.5. The number of carbonyl (C=O) groups excluding carboxylic acids is 1. The highest BCUT2D eigenvalue weighted by Gasteiger charge is 2.45. The second kappa shape index (κ2) is 6.27. The lowest BCUT2D eigenvalue weighted by atomic mass is 9.64. The molecule has 0 spiro atoms. The first-order valence-electron chi connectivity index (χ1n) is 7.18. The Morgan fingerprint density at radius 1 is 1.35 bits per heavy atom. The molecule has 1 fully saturated rings. The Balaban J connectivity index is 2.07. The van der Waals surface area contributed by atoms with E-state index >= 15 is 0 Å². The molecule has 2 rings (SSSR count). The van der Waals surface area contributed by atoms with Crippen LogP contribution in [0.2, 0.25) is 0 Å². The fraction of sp³-hybridized carbons (Fsp3) is 0.562. The van der Waals surface area contributed by atoms with Crippen LogP contribution in [-0.2, 0) is 10.2 Å². The highest BCUT2D eigenvalue weighted by atomic mass is 79.9. The molecule has 0 saturated heterocycles. The number of halogens is 1. The molecule has 1 aromatic rings. The first-order valence-corrected chi connectivity index (χ1v) is 7.97. The van der Waals surface area contributed by atoms with Crippen molar-refractivity contribution in [2.24, 2.45) is 5.92 Å². The van der Waals surface area contributed by atoms with Gasteiger partial charge in [-0.2, -0.15) is 0 Å². The van der Waals surface area contributed by atoms with E-state index in [9.17, 15) is 9.90 Å². The van der Waals surface area contributed by atoms with E-state index in [0.717, 1.165) is 29.3 Å². The first kappa shape index (κ1) is 15.5. The average molecular weight is 340 g/mol. The molecule has 0 radical (unpaired) electrons. The van der Waals surface area contributed by atoms with Gasteiger partial charge in [0.25, 0.3) is 0 Å². The molecule has 1 amide bonds. The molecule has 1 unspecified atom stereocenters. The Kier molecular flexibility index (Phi) is 4.86. The SMILES string of the molecule is CC(C)C(O)CNC(=O)C1(c2ccc(Br)cc2)CCC1. The molecule has 4 heteroatoms. The third-order valence-electron chi connectivity index (χ3n) is 4.28. The second-order valence-electron chi connectivity index (χ2n) is 5.96. The van der Waals surface area contributed by atoms with Crippen LogP contribution in [0.3, 0.4) is 0 Å². The lowest BCUT2D eigenvalue weighted by Crippen LogP contribution is -2.51. The maximum atomic E-state index is 12.5. The molecule has 0 aliphatic heterocycles. The average Bonchev–Trinajstić information content (AvgIpc) is 2.36. The zero-order valence-electron chi connectivity index (χ0n) is 12.0. The minimum absolute atomic E-state index is 0.0470. The van der Waals surface area contributed by atoms with Gasteiger partial charge in [0.05, 0.1) is 11.5 Å². The number of aliphatic hydroxyl groups excluding tert-OH is 1. The summed E-state index contributed by atoms with van der Waals surface area (Å²) in [5.41, 5.74) is 0.681. The van der Waals surface area contributed by atoms with E-state index < -0.39 is 11.5 Å². The normalized spacial score (nSPS) is 18.4. The maximum Gasteiger partial charge on any atom is 0.230 e. The minimum Gasteiger partial charge on any atom is -0.391 e. The molecule has 3 nitrogen and oxygen atoms in total. The predicted octanol–water partition coefficient (Wildman–Crippen LogP) is 3.00.